The van der Waals surface area contributed by atoms with Crippen LogP contribution >= 0.6 is 11.6 Å². The molecule has 0 bridgehead atoms. The number of nitrogens with two attached hydrogens (primary N) is 1. The summed E-state index contributed by atoms with van der Waals surface area (Å²) >= 11 is 6.01. The van der Waals surface area contributed by atoms with Crippen LogP contribution in [0, 0.1) is 5.92 Å². The van der Waals surface area contributed by atoms with E-state index < -0.39 is 0 Å². The van der Waals surface area contributed by atoms with Gasteiger partial charge < -0.3 is 10.7 Å². The lowest BCUT2D eigenvalue weighted by Gasteiger charge is -2.25. The third-order valence-corrected chi connectivity index (χ3v) is 4.47. The van der Waals surface area contributed by atoms with Crippen molar-refractivity contribution in [3.63, 3.8) is 0 Å². The molecule has 0 aliphatic heterocycles. The zero-order valence-electron chi connectivity index (χ0n) is 11.7. The number of amides is 1. The van der Waals surface area contributed by atoms with E-state index in [1.807, 2.05) is 30.5 Å². The first-order chi connectivity index (χ1) is 10.1. The molecule has 0 spiro atoms. The zero-order chi connectivity index (χ0) is 14.8. The van der Waals surface area contributed by atoms with Gasteiger partial charge in [-0.1, -0.05) is 23.7 Å². The molecular weight excluding hydrogens is 286 g/mol. The Balaban J connectivity index is 1.73. The Bertz CT molecular complexity index is 644. The molecule has 1 heterocycles. The third-order valence-electron chi connectivity index (χ3n) is 4.23. The Morgan fingerprint density at radius 2 is 2.05 bits per heavy atom. The van der Waals surface area contributed by atoms with Gasteiger partial charge in [-0.05, 0) is 37.8 Å². The lowest BCUT2D eigenvalue weighted by atomic mass is 9.81. The summed E-state index contributed by atoms with van der Waals surface area (Å²) in [6.45, 7) is 0. The first-order valence-electron chi connectivity index (χ1n) is 7.24. The summed E-state index contributed by atoms with van der Waals surface area (Å²) in [6, 6.07) is 7.68. The number of imidazole rings is 1. The Kier molecular flexibility index (Phi) is 3.97. The van der Waals surface area contributed by atoms with E-state index in [-0.39, 0.29) is 11.8 Å². The lowest BCUT2D eigenvalue weighted by Crippen LogP contribution is -2.27. The van der Waals surface area contributed by atoms with Crippen LogP contribution in [-0.4, -0.2) is 15.9 Å². The number of benzene rings is 1. The summed E-state index contributed by atoms with van der Waals surface area (Å²) in [5.74, 6) is 1.23. The molecule has 5 heteroatoms. The topological polar surface area (TPSA) is 71.8 Å². The van der Waals surface area contributed by atoms with Crippen LogP contribution < -0.4 is 5.73 Å². The first-order valence-corrected chi connectivity index (χ1v) is 7.62. The molecule has 21 heavy (non-hydrogen) atoms. The van der Waals surface area contributed by atoms with Crippen LogP contribution in [0.5, 0.6) is 0 Å². The van der Waals surface area contributed by atoms with Crippen molar-refractivity contribution in [1.29, 1.82) is 0 Å². The molecule has 1 amide bonds. The molecule has 110 valence electrons. The van der Waals surface area contributed by atoms with E-state index in [0.717, 1.165) is 42.8 Å². The van der Waals surface area contributed by atoms with Gasteiger partial charge >= 0.3 is 0 Å². The van der Waals surface area contributed by atoms with Crippen LogP contribution in [0.25, 0.3) is 11.3 Å². The number of primary amides is 1. The Morgan fingerprint density at radius 1 is 1.29 bits per heavy atom. The molecule has 3 rings (SSSR count). The second-order valence-corrected chi connectivity index (χ2v) is 6.07. The van der Waals surface area contributed by atoms with Gasteiger partial charge in [0.1, 0.15) is 5.82 Å². The van der Waals surface area contributed by atoms with Gasteiger partial charge in [-0.25, -0.2) is 4.98 Å². The van der Waals surface area contributed by atoms with Crippen molar-refractivity contribution in [2.24, 2.45) is 11.7 Å². The fraction of sp³-hybridized carbons (Fsp3) is 0.375. The van der Waals surface area contributed by atoms with Crippen molar-refractivity contribution >= 4 is 17.5 Å². The van der Waals surface area contributed by atoms with Crippen LogP contribution in [0.1, 0.15) is 37.4 Å². The van der Waals surface area contributed by atoms with Gasteiger partial charge in [-0.3, -0.25) is 4.79 Å². The van der Waals surface area contributed by atoms with E-state index in [9.17, 15) is 4.79 Å². The maximum absolute atomic E-state index is 11.2. The van der Waals surface area contributed by atoms with Gasteiger partial charge in [0.15, 0.2) is 0 Å². The highest BCUT2D eigenvalue weighted by Gasteiger charge is 2.27. The van der Waals surface area contributed by atoms with E-state index >= 15 is 0 Å². The predicted molar refractivity (Wildman–Crippen MR) is 82.9 cm³/mol. The molecule has 3 N–H and O–H groups in total. The van der Waals surface area contributed by atoms with Crippen molar-refractivity contribution in [3.05, 3.63) is 41.3 Å². The van der Waals surface area contributed by atoms with Gasteiger partial charge in [0.2, 0.25) is 5.91 Å². The summed E-state index contributed by atoms with van der Waals surface area (Å²) in [5, 5.41) is 0.707. The number of carbonyl (C=O) groups excluding carboxylic acids is 1. The predicted octanol–water partition coefficient (Wildman–Crippen LogP) is 3.49. The number of nitrogens with zero attached hydrogens (tertiary/aromatic N) is 1. The number of aromatic amines is 1. The molecule has 0 atom stereocenters. The second kappa shape index (κ2) is 5.90. The fourth-order valence-electron chi connectivity index (χ4n) is 2.99. The van der Waals surface area contributed by atoms with Gasteiger partial charge in [-0.2, -0.15) is 0 Å². The Labute approximate surface area is 128 Å². The van der Waals surface area contributed by atoms with Crippen molar-refractivity contribution in [2.45, 2.75) is 31.6 Å². The van der Waals surface area contributed by atoms with Gasteiger partial charge in [-0.15, -0.1) is 0 Å². The number of aromatic nitrogens is 2. The normalized spacial score (nSPS) is 22.1. The van der Waals surface area contributed by atoms with Crippen molar-refractivity contribution < 1.29 is 4.79 Å². The van der Waals surface area contributed by atoms with E-state index in [1.54, 1.807) is 0 Å². The minimum Gasteiger partial charge on any atom is -0.369 e. The molecular formula is C16H18ClN3O. The first kappa shape index (κ1) is 14.1. The van der Waals surface area contributed by atoms with Crippen LogP contribution in [0.2, 0.25) is 5.02 Å². The largest absolute Gasteiger partial charge is 0.369 e. The van der Waals surface area contributed by atoms with Crippen molar-refractivity contribution in [1.82, 2.24) is 9.97 Å². The molecule has 2 aromatic rings. The highest BCUT2D eigenvalue weighted by molar-refractivity contribution is 6.30. The summed E-state index contributed by atoms with van der Waals surface area (Å²) < 4.78 is 0. The Hall–Kier alpha value is -1.81. The maximum atomic E-state index is 11.2. The van der Waals surface area contributed by atoms with Gasteiger partial charge in [0.05, 0.1) is 5.69 Å². The summed E-state index contributed by atoms with van der Waals surface area (Å²) in [4.78, 5) is 19.2. The van der Waals surface area contributed by atoms with E-state index in [1.165, 1.54) is 0 Å². The Morgan fingerprint density at radius 3 is 2.71 bits per heavy atom. The monoisotopic (exact) mass is 303 g/mol. The molecule has 0 radical (unpaired) electrons. The lowest BCUT2D eigenvalue weighted by molar-refractivity contribution is -0.122. The van der Waals surface area contributed by atoms with E-state index in [0.29, 0.717) is 10.9 Å². The zero-order valence-corrected chi connectivity index (χ0v) is 12.4. The highest BCUT2D eigenvalue weighted by Crippen LogP contribution is 2.35. The molecule has 1 fully saturated rings. The number of hydrogen-bond acceptors (Lipinski definition) is 2. The number of halogens is 1. The smallest absolute Gasteiger partial charge is 0.220 e. The number of H-pyrrole nitrogens is 1. The molecule has 1 aliphatic rings. The molecule has 0 saturated heterocycles. The number of hydrogen-bond donors (Lipinski definition) is 2. The minimum atomic E-state index is -0.174. The molecule has 1 saturated carbocycles. The second-order valence-electron chi connectivity index (χ2n) is 5.63. The van der Waals surface area contributed by atoms with Gasteiger partial charge in [0, 0.05) is 28.6 Å². The number of nitrogens with one attached hydrogen (secondary N) is 1. The molecule has 1 aliphatic carbocycles. The number of rotatable bonds is 3. The maximum Gasteiger partial charge on any atom is 0.220 e. The molecule has 4 nitrogen and oxygen atoms in total. The van der Waals surface area contributed by atoms with E-state index in [4.69, 9.17) is 17.3 Å². The van der Waals surface area contributed by atoms with Crippen molar-refractivity contribution in [3.8, 4) is 11.3 Å². The fourth-order valence-corrected chi connectivity index (χ4v) is 3.18. The van der Waals surface area contributed by atoms with Crippen molar-refractivity contribution in [2.75, 3.05) is 0 Å². The SMILES string of the molecule is NC(=O)C1CCC(c2nc(-c3cccc(Cl)c3)c[nH]2)CC1. The molecule has 1 aromatic heterocycles. The quantitative estimate of drug-likeness (QED) is 0.911. The third kappa shape index (κ3) is 3.10. The van der Waals surface area contributed by atoms with Gasteiger partial charge in [0.25, 0.3) is 0 Å². The minimum absolute atomic E-state index is 0.0311. The van der Waals surface area contributed by atoms with Crippen LogP contribution in [0.4, 0.5) is 0 Å². The number of carbonyl (C=O) groups is 1. The average Bonchev–Trinajstić information content (AvgIpc) is 2.97. The van der Waals surface area contributed by atoms with Crippen LogP contribution in [0.3, 0.4) is 0 Å². The summed E-state index contributed by atoms with van der Waals surface area (Å²) in [5.41, 5.74) is 7.29. The standard InChI is InChI=1S/C16H18ClN3O/c17-13-3-1-2-12(8-13)14-9-19-16(20-14)11-6-4-10(5-7-11)15(18)21/h1-3,8-11H,4-7H2,(H2,18,21)(H,19,20). The highest BCUT2D eigenvalue weighted by atomic mass is 35.5. The average molecular weight is 304 g/mol. The van der Waals surface area contributed by atoms with E-state index in [2.05, 4.69) is 9.97 Å². The van der Waals surface area contributed by atoms with Crippen LogP contribution in [0.15, 0.2) is 30.5 Å². The summed E-state index contributed by atoms with van der Waals surface area (Å²) in [6.07, 6.45) is 5.54. The van der Waals surface area contributed by atoms with Crippen LogP contribution in [-0.2, 0) is 4.79 Å². The molecule has 1 aromatic carbocycles. The molecule has 0 unspecified atom stereocenters. The summed E-state index contributed by atoms with van der Waals surface area (Å²) in [7, 11) is 0.